The quantitative estimate of drug-likeness (QED) is 0.314. The number of rotatable bonds is 8. The van der Waals surface area contributed by atoms with Crippen molar-refractivity contribution in [1.82, 2.24) is 24.3 Å². The Labute approximate surface area is 196 Å². The highest BCUT2D eigenvalue weighted by atomic mass is 16.5. The lowest BCUT2D eigenvalue weighted by molar-refractivity contribution is 0.309. The molecule has 0 atom stereocenters. The minimum Gasteiger partial charge on any atom is -0.494 e. The van der Waals surface area contributed by atoms with Gasteiger partial charge in [0.15, 0.2) is 0 Å². The molecule has 2 aromatic carbocycles. The van der Waals surface area contributed by atoms with Crippen LogP contribution in [0.4, 0.5) is 0 Å². The Hall–Kier alpha value is -4.20. The Bertz CT molecular complexity index is 1480. The normalized spacial score (nSPS) is 11.2. The summed E-state index contributed by atoms with van der Waals surface area (Å²) in [6.07, 6.45) is 5.55. The molecule has 8 heteroatoms. The smallest absolute Gasteiger partial charge is 0.277 e. The molecule has 172 valence electrons. The number of hydrogen-bond donors (Lipinski definition) is 0. The molecule has 0 unspecified atom stereocenters. The Morgan fingerprint density at radius 3 is 2.68 bits per heavy atom. The number of hydrogen-bond acceptors (Lipinski definition) is 6. The van der Waals surface area contributed by atoms with Gasteiger partial charge in [-0.2, -0.15) is 10.1 Å². The van der Waals surface area contributed by atoms with Crippen LogP contribution >= 0.6 is 0 Å². The summed E-state index contributed by atoms with van der Waals surface area (Å²) in [5.41, 5.74) is 3.88. The molecule has 0 bridgehead atoms. The highest BCUT2D eigenvalue weighted by Crippen LogP contribution is 2.23. The monoisotopic (exact) mass is 455 g/mol. The van der Waals surface area contributed by atoms with Crippen LogP contribution in [-0.2, 0) is 6.54 Å². The number of aryl methyl sites for hydroxylation is 1. The van der Waals surface area contributed by atoms with Crippen LogP contribution in [-0.4, -0.2) is 30.9 Å². The second-order valence-electron chi connectivity index (χ2n) is 8.14. The standard InChI is InChI=1S/C26H25N5O3/c1-3-4-15-33-20-11-9-19(10-12-20)22-16-23-26(32)30(13-14-31(23)28-22)17-24-27-25(29-34-24)21-8-6-5-7-18(21)2/h5-14,16H,3-4,15,17H2,1-2H3. The van der Waals surface area contributed by atoms with E-state index in [-0.39, 0.29) is 12.1 Å². The van der Waals surface area contributed by atoms with E-state index in [9.17, 15) is 4.79 Å². The summed E-state index contributed by atoms with van der Waals surface area (Å²) in [6.45, 7) is 5.01. The zero-order valence-corrected chi connectivity index (χ0v) is 19.1. The van der Waals surface area contributed by atoms with Gasteiger partial charge in [0.1, 0.15) is 17.8 Å². The lowest BCUT2D eigenvalue weighted by Crippen LogP contribution is -2.21. The van der Waals surface area contributed by atoms with E-state index in [4.69, 9.17) is 9.26 Å². The Morgan fingerprint density at radius 1 is 1.06 bits per heavy atom. The summed E-state index contributed by atoms with van der Waals surface area (Å²) in [5, 5.41) is 8.64. The summed E-state index contributed by atoms with van der Waals surface area (Å²) in [4.78, 5) is 17.6. The number of fused-ring (bicyclic) bond motifs is 1. The molecule has 34 heavy (non-hydrogen) atoms. The molecule has 0 aliphatic rings. The number of aromatic nitrogens is 5. The zero-order valence-electron chi connectivity index (χ0n) is 19.1. The highest BCUT2D eigenvalue weighted by molar-refractivity contribution is 5.66. The highest BCUT2D eigenvalue weighted by Gasteiger charge is 2.14. The van der Waals surface area contributed by atoms with E-state index < -0.39 is 0 Å². The average molecular weight is 456 g/mol. The van der Waals surface area contributed by atoms with Crippen LogP contribution < -0.4 is 10.3 Å². The summed E-state index contributed by atoms with van der Waals surface area (Å²) in [5.74, 6) is 1.70. The van der Waals surface area contributed by atoms with Crippen LogP contribution in [0.1, 0.15) is 31.2 Å². The second-order valence-corrected chi connectivity index (χ2v) is 8.14. The first-order valence-electron chi connectivity index (χ1n) is 11.3. The third-order valence-electron chi connectivity index (χ3n) is 5.68. The van der Waals surface area contributed by atoms with E-state index in [0.29, 0.717) is 23.8 Å². The average Bonchev–Trinajstić information content (AvgIpc) is 3.50. The van der Waals surface area contributed by atoms with Gasteiger partial charge < -0.3 is 13.8 Å². The molecule has 0 aliphatic heterocycles. The van der Waals surface area contributed by atoms with Crippen molar-refractivity contribution >= 4 is 5.52 Å². The van der Waals surface area contributed by atoms with Crippen molar-refractivity contribution in [3.8, 4) is 28.4 Å². The molecule has 0 saturated carbocycles. The summed E-state index contributed by atoms with van der Waals surface area (Å²) in [7, 11) is 0. The second kappa shape index (κ2) is 9.35. The fourth-order valence-corrected chi connectivity index (χ4v) is 3.75. The minimum atomic E-state index is -0.184. The van der Waals surface area contributed by atoms with Gasteiger partial charge in [0.25, 0.3) is 5.56 Å². The molecule has 3 aromatic heterocycles. The molecule has 0 spiro atoms. The van der Waals surface area contributed by atoms with Crippen LogP contribution in [0.2, 0.25) is 0 Å². The third-order valence-corrected chi connectivity index (χ3v) is 5.68. The van der Waals surface area contributed by atoms with Crippen molar-refractivity contribution in [2.45, 2.75) is 33.2 Å². The van der Waals surface area contributed by atoms with E-state index >= 15 is 0 Å². The van der Waals surface area contributed by atoms with E-state index in [1.54, 1.807) is 27.5 Å². The molecule has 0 amide bonds. The van der Waals surface area contributed by atoms with Crippen LogP contribution in [0.25, 0.3) is 28.2 Å². The predicted octanol–water partition coefficient (Wildman–Crippen LogP) is 4.75. The van der Waals surface area contributed by atoms with Crippen molar-refractivity contribution in [2.24, 2.45) is 0 Å². The maximum Gasteiger partial charge on any atom is 0.277 e. The van der Waals surface area contributed by atoms with Gasteiger partial charge in [-0.05, 0) is 49.2 Å². The van der Waals surface area contributed by atoms with Crippen molar-refractivity contribution < 1.29 is 9.26 Å². The molecule has 0 aliphatic carbocycles. The van der Waals surface area contributed by atoms with Gasteiger partial charge in [0.05, 0.1) is 12.3 Å². The van der Waals surface area contributed by atoms with Crippen molar-refractivity contribution in [2.75, 3.05) is 6.61 Å². The van der Waals surface area contributed by atoms with Crippen molar-refractivity contribution in [3.05, 3.63) is 88.8 Å². The first-order chi connectivity index (χ1) is 16.6. The predicted molar refractivity (Wildman–Crippen MR) is 129 cm³/mol. The van der Waals surface area contributed by atoms with Gasteiger partial charge in [-0.15, -0.1) is 0 Å². The van der Waals surface area contributed by atoms with Crippen LogP contribution in [0.15, 0.2) is 76.3 Å². The van der Waals surface area contributed by atoms with Gasteiger partial charge in [-0.3, -0.25) is 4.79 Å². The van der Waals surface area contributed by atoms with Crippen LogP contribution in [0.3, 0.4) is 0 Å². The molecule has 0 saturated heterocycles. The Balaban J connectivity index is 1.37. The largest absolute Gasteiger partial charge is 0.494 e. The molecule has 5 rings (SSSR count). The molecule has 3 heterocycles. The zero-order chi connectivity index (χ0) is 23.5. The number of unbranched alkanes of at least 4 members (excludes halogenated alkanes) is 1. The maximum absolute atomic E-state index is 13.1. The number of nitrogens with zero attached hydrogens (tertiary/aromatic N) is 5. The lowest BCUT2D eigenvalue weighted by Gasteiger charge is -2.05. The first-order valence-corrected chi connectivity index (χ1v) is 11.3. The summed E-state index contributed by atoms with van der Waals surface area (Å²) in [6, 6.07) is 17.4. The SMILES string of the molecule is CCCCOc1ccc(-c2cc3c(=O)n(Cc4nc(-c5ccccc5C)no4)ccn3n2)cc1. The molecule has 0 radical (unpaired) electrons. The molecule has 5 aromatic rings. The van der Waals surface area contributed by atoms with Crippen LogP contribution in [0.5, 0.6) is 5.75 Å². The Kier molecular flexibility index (Phi) is 5.95. The van der Waals surface area contributed by atoms with Crippen LogP contribution in [0, 0.1) is 6.92 Å². The molecule has 0 fully saturated rings. The van der Waals surface area contributed by atoms with Crippen molar-refractivity contribution in [1.29, 1.82) is 0 Å². The van der Waals surface area contributed by atoms with E-state index in [1.807, 2.05) is 55.5 Å². The topological polar surface area (TPSA) is 87.5 Å². The maximum atomic E-state index is 13.1. The van der Waals surface area contributed by atoms with E-state index in [2.05, 4.69) is 22.2 Å². The molecule has 8 nitrogen and oxygen atoms in total. The third kappa shape index (κ3) is 4.34. The first kappa shape index (κ1) is 21.6. The lowest BCUT2D eigenvalue weighted by atomic mass is 10.1. The fourth-order valence-electron chi connectivity index (χ4n) is 3.75. The van der Waals surface area contributed by atoms with Crippen molar-refractivity contribution in [3.63, 3.8) is 0 Å². The van der Waals surface area contributed by atoms with Gasteiger partial charge in [0, 0.05) is 23.5 Å². The van der Waals surface area contributed by atoms with E-state index in [1.165, 1.54) is 0 Å². The Morgan fingerprint density at radius 2 is 1.88 bits per heavy atom. The van der Waals surface area contributed by atoms with Gasteiger partial charge in [-0.25, -0.2) is 4.52 Å². The molecule has 0 N–H and O–H groups in total. The van der Waals surface area contributed by atoms with Gasteiger partial charge in [0.2, 0.25) is 11.7 Å². The minimum absolute atomic E-state index is 0.179. The molecular weight excluding hydrogens is 430 g/mol. The number of ether oxygens (including phenoxy) is 1. The molecular formula is C26H25N5O3. The summed E-state index contributed by atoms with van der Waals surface area (Å²) < 4.78 is 14.3. The van der Waals surface area contributed by atoms with Gasteiger partial charge >= 0.3 is 0 Å². The fraction of sp³-hybridized carbons (Fsp3) is 0.231. The summed E-state index contributed by atoms with van der Waals surface area (Å²) >= 11 is 0. The number of benzene rings is 2. The van der Waals surface area contributed by atoms with Gasteiger partial charge in [-0.1, -0.05) is 42.8 Å². The van der Waals surface area contributed by atoms with E-state index in [0.717, 1.165) is 41.0 Å².